The molecular weight excluding hydrogens is 485 g/mol. The summed E-state index contributed by atoms with van der Waals surface area (Å²) in [6, 6.07) is 3.51. The van der Waals surface area contributed by atoms with Gasteiger partial charge < -0.3 is 14.8 Å². The Hall–Kier alpha value is -2.70. The number of nitrogens with zero attached hydrogens (tertiary/aromatic N) is 6. The lowest BCUT2D eigenvalue weighted by molar-refractivity contribution is -0.139. The highest BCUT2D eigenvalue weighted by Crippen LogP contribution is 2.36. The van der Waals surface area contributed by atoms with Crippen molar-refractivity contribution < 1.29 is 18.7 Å². The highest BCUT2D eigenvalue weighted by molar-refractivity contribution is 9.10. The largest absolute Gasteiger partial charge is 0.463 e. The molecule has 2 aromatic rings. The molecule has 2 aliphatic heterocycles. The fraction of sp³-hybridized carbons (Fsp3) is 0.450. The first-order chi connectivity index (χ1) is 15.5. The van der Waals surface area contributed by atoms with Gasteiger partial charge in [0, 0.05) is 29.8 Å². The van der Waals surface area contributed by atoms with Crippen LogP contribution in [0.4, 0.5) is 4.39 Å². The van der Waals surface area contributed by atoms with E-state index >= 15 is 0 Å². The summed E-state index contributed by atoms with van der Waals surface area (Å²) in [5.41, 5.74) is 1.59. The second-order valence-corrected chi connectivity index (χ2v) is 8.13. The van der Waals surface area contributed by atoms with E-state index in [2.05, 4.69) is 41.6 Å². The normalized spacial score (nSPS) is 19.5. The van der Waals surface area contributed by atoms with Crippen LogP contribution < -0.4 is 5.32 Å². The van der Waals surface area contributed by atoms with Crippen LogP contribution in [-0.4, -0.2) is 76.5 Å². The fourth-order valence-corrected chi connectivity index (χ4v) is 4.13. The first kappa shape index (κ1) is 22.5. The number of rotatable bonds is 5. The van der Waals surface area contributed by atoms with Gasteiger partial charge in [-0.05, 0) is 36.8 Å². The zero-order valence-corrected chi connectivity index (χ0v) is 19.3. The molecule has 1 N–H and O–H groups in total. The molecule has 0 aliphatic carbocycles. The maximum Gasteiger partial charge on any atom is 0.338 e. The van der Waals surface area contributed by atoms with Gasteiger partial charge in [-0.1, -0.05) is 26.8 Å². The molecule has 1 fully saturated rings. The molecule has 4 rings (SSSR count). The monoisotopic (exact) mass is 507 g/mol. The molecule has 0 saturated carbocycles. The van der Waals surface area contributed by atoms with Crippen LogP contribution in [0.5, 0.6) is 0 Å². The topological polar surface area (TPSA) is 107 Å². The Balaban J connectivity index is 1.82. The van der Waals surface area contributed by atoms with Gasteiger partial charge in [0.2, 0.25) is 5.96 Å². The fourth-order valence-electron chi connectivity index (χ4n) is 3.56. The number of hydrogen-bond donors (Lipinski definition) is 1. The maximum absolute atomic E-state index is 13.8. The van der Waals surface area contributed by atoms with Crippen molar-refractivity contribution in [2.24, 2.45) is 4.99 Å². The number of ether oxygens (including phenoxy) is 2. The van der Waals surface area contributed by atoms with E-state index in [4.69, 9.17) is 14.5 Å². The van der Waals surface area contributed by atoms with E-state index in [0.29, 0.717) is 52.8 Å². The number of morpholine rings is 1. The number of carbonyl (C=O) groups excluding carboxylic acids is 1. The molecule has 0 spiro atoms. The molecule has 0 radical (unpaired) electrons. The standard InChI is InChI=1S/C20H23BrFN7O3/c1-3-32-19(30)17-16(11-28-6-8-31-9-7-28)23-20(29-26-12(2)25-27-29)24-18(17)14-5-4-13(22)10-15(14)21/h4-5,10,18H,3,6-9,11H2,1-2H3,(H,23,24). The molecule has 1 aromatic heterocycles. The van der Waals surface area contributed by atoms with E-state index in [1.807, 2.05) is 0 Å². The maximum atomic E-state index is 13.8. The van der Waals surface area contributed by atoms with Crippen LogP contribution in [-0.2, 0) is 14.3 Å². The quantitative estimate of drug-likeness (QED) is 0.607. The van der Waals surface area contributed by atoms with E-state index in [0.717, 1.165) is 13.1 Å². The summed E-state index contributed by atoms with van der Waals surface area (Å²) in [6.07, 6.45) is 0. The lowest BCUT2D eigenvalue weighted by atomic mass is 9.95. The Morgan fingerprint density at radius 3 is 2.81 bits per heavy atom. The molecule has 0 bridgehead atoms. The molecule has 32 heavy (non-hydrogen) atoms. The molecule has 1 aromatic carbocycles. The van der Waals surface area contributed by atoms with Crippen molar-refractivity contribution >= 4 is 27.9 Å². The van der Waals surface area contributed by atoms with Crippen molar-refractivity contribution in [3.8, 4) is 0 Å². The third-order valence-corrected chi connectivity index (χ3v) is 5.74. The Kier molecular flexibility index (Phi) is 6.92. The molecule has 1 unspecified atom stereocenters. The summed E-state index contributed by atoms with van der Waals surface area (Å²) in [5, 5.41) is 15.4. The Bertz CT molecular complexity index is 1070. The van der Waals surface area contributed by atoms with Gasteiger partial charge in [0.05, 0.1) is 25.4 Å². The van der Waals surface area contributed by atoms with E-state index in [-0.39, 0.29) is 6.61 Å². The van der Waals surface area contributed by atoms with Crippen LogP contribution in [0.15, 0.2) is 38.9 Å². The average Bonchev–Trinajstić information content (AvgIpc) is 3.20. The minimum atomic E-state index is -0.761. The van der Waals surface area contributed by atoms with Gasteiger partial charge in [0.1, 0.15) is 11.9 Å². The van der Waals surface area contributed by atoms with Gasteiger partial charge in [-0.15, -0.1) is 10.2 Å². The predicted molar refractivity (Wildman–Crippen MR) is 116 cm³/mol. The summed E-state index contributed by atoms with van der Waals surface area (Å²) in [6.45, 7) is 6.79. The summed E-state index contributed by atoms with van der Waals surface area (Å²) < 4.78 is 25.1. The zero-order valence-electron chi connectivity index (χ0n) is 17.7. The van der Waals surface area contributed by atoms with Crippen LogP contribution in [0.1, 0.15) is 24.4 Å². The second kappa shape index (κ2) is 9.84. The van der Waals surface area contributed by atoms with E-state index in [1.165, 1.54) is 16.9 Å². The number of benzene rings is 1. The summed E-state index contributed by atoms with van der Waals surface area (Å²) in [4.78, 5) is 21.2. The first-order valence-electron chi connectivity index (χ1n) is 10.2. The van der Waals surface area contributed by atoms with Crippen LogP contribution in [0.25, 0.3) is 0 Å². The SMILES string of the molecule is CCOC(=O)C1=C(CN2CCOCC2)NC(n2nnc(C)n2)=NC1c1ccc(F)cc1Br. The summed E-state index contributed by atoms with van der Waals surface area (Å²) in [5.74, 6) is -0.107. The van der Waals surface area contributed by atoms with E-state index in [9.17, 15) is 9.18 Å². The van der Waals surface area contributed by atoms with Crippen LogP contribution in [0, 0.1) is 12.7 Å². The van der Waals surface area contributed by atoms with Gasteiger partial charge in [-0.25, -0.2) is 14.2 Å². The van der Waals surface area contributed by atoms with Crippen LogP contribution >= 0.6 is 15.9 Å². The van der Waals surface area contributed by atoms with Crippen molar-refractivity contribution in [1.82, 2.24) is 30.4 Å². The Morgan fingerprint density at radius 1 is 1.38 bits per heavy atom. The number of carbonyl (C=O) groups is 1. The van der Waals surface area contributed by atoms with Gasteiger partial charge in [0.25, 0.3) is 0 Å². The molecular formula is C20H23BrFN7O3. The Labute approximate surface area is 192 Å². The number of aliphatic imine (C=N–C) groups is 1. The lowest BCUT2D eigenvalue weighted by Gasteiger charge is -2.32. The zero-order chi connectivity index (χ0) is 22.7. The minimum Gasteiger partial charge on any atom is -0.463 e. The number of halogens is 2. The van der Waals surface area contributed by atoms with Gasteiger partial charge in [-0.2, -0.15) is 0 Å². The second-order valence-electron chi connectivity index (χ2n) is 7.27. The number of tetrazole rings is 1. The molecule has 0 amide bonds. The predicted octanol–water partition coefficient (Wildman–Crippen LogP) is 1.58. The van der Waals surface area contributed by atoms with Gasteiger partial charge in [0.15, 0.2) is 5.82 Å². The molecule has 3 heterocycles. The number of nitrogens with one attached hydrogen (secondary N) is 1. The highest BCUT2D eigenvalue weighted by Gasteiger charge is 2.35. The summed E-state index contributed by atoms with van der Waals surface area (Å²) in [7, 11) is 0. The van der Waals surface area contributed by atoms with Crippen molar-refractivity contribution in [2.45, 2.75) is 19.9 Å². The lowest BCUT2D eigenvalue weighted by Crippen LogP contribution is -2.45. The third kappa shape index (κ3) is 4.87. The van der Waals surface area contributed by atoms with Gasteiger partial charge in [-0.3, -0.25) is 4.90 Å². The van der Waals surface area contributed by atoms with Crippen molar-refractivity contribution in [3.63, 3.8) is 0 Å². The highest BCUT2D eigenvalue weighted by atomic mass is 79.9. The summed E-state index contributed by atoms with van der Waals surface area (Å²) >= 11 is 3.42. The van der Waals surface area contributed by atoms with Crippen molar-refractivity contribution in [3.05, 3.63) is 51.1 Å². The number of aryl methyl sites for hydroxylation is 1. The molecule has 2 aliphatic rings. The van der Waals surface area contributed by atoms with Crippen molar-refractivity contribution in [1.29, 1.82) is 0 Å². The first-order valence-corrected chi connectivity index (χ1v) is 11.0. The molecule has 1 saturated heterocycles. The third-order valence-electron chi connectivity index (χ3n) is 5.05. The Morgan fingerprint density at radius 2 is 2.16 bits per heavy atom. The number of hydrogen-bond acceptors (Lipinski definition) is 9. The van der Waals surface area contributed by atoms with Crippen LogP contribution in [0.3, 0.4) is 0 Å². The molecule has 170 valence electrons. The molecule has 1 atom stereocenters. The van der Waals surface area contributed by atoms with E-state index < -0.39 is 17.8 Å². The van der Waals surface area contributed by atoms with Crippen molar-refractivity contribution in [2.75, 3.05) is 39.5 Å². The molecule has 12 heteroatoms. The van der Waals surface area contributed by atoms with E-state index in [1.54, 1.807) is 19.9 Å². The smallest absolute Gasteiger partial charge is 0.338 e. The molecule has 10 nitrogen and oxygen atoms in total. The minimum absolute atomic E-state index is 0.213. The van der Waals surface area contributed by atoms with Gasteiger partial charge >= 0.3 is 5.97 Å². The number of esters is 1. The number of aromatic nitrogens is 4. The average molecular weight is 508 g/mol. The van der Waals surface area contributed by atoms with Crippen LogP contribution in [0.2, 0.25) is 0 Å².